The first-order valence-electron chi connectivity index (χ1n) is 4.99. The van der Waals surface area contributed by atoms with Crippen LogP contribution in [0.4, 0.5) is 0 Å². The van der Waals surface area contributed by atoms with E-state index in [0.717, 1.165) is 6.42 Å². The van der Waals surface area contributed by atoms with E-state index in [1.807, 2.05) is 13.8 Å². The summed E-state index contributed by atoms with van der Waals surface area (Å²) in [5, 5.41) is 13.2. The lowest BCUT2D eigenvalue weighted by atomic mass is 9.81. The first-order chi connectivity index (χ1) is 6.61. The van der Waals surface area contributed by atoms with Gasteiger partial charge in [0, 0.05) is 4.91 Å². The largest absolute Gasteiger partial charge is 0.368 e. The van der Waals surface area contributed by atoms with E-state index >= 15 is 0 Å². The summed E-state index contributed by atoms with van der Waals surface area (Å²) >= 11 is 0. The fourth-order valence-electron chi connectivity index (χ4n) is 1.98. The van der Waals surface area contributed by atoms with E-state index in [9.17, 15) is 5.11 Å². The van der Waals surface area contributed by atoms with Crippen LogP contribution in [-0.2, 0) is 4.74 Å². The molecule has 1 aliphatic heterocycles. The maximum absolute atomic E-state index is 9.60. The predicted molar refractivity (Wildman–Crippen MR) is 52.4 cm³/mol. The number of hydrogen-bond donors (Lipinski definition) is 1. The number of aliphatic hydroxyl groups excluding tert-OH is 1. The van der Waals surface area contributed by atoms with Gasteiger partial charge in [-0.2, -0.15) is 0 Å². The second-order valence-corrected chi connectivity index (χ2v) is 3.89. The first kappa shape index (κ1) is 11.3. The Morgan fingerprint density at radius 2 is 2.07 bits per heavy atom. The monoisotopic (exact) mass is 199 g/mol. The summed E-state index contributed by atoms with van der Waals surface area (Å²) in [4.78, 5) is 2.73. The summed E-state index contributed by atoms with van der Waals surface area (Å²) in [7, 11) is 0. The van der Waals surface area contributed by atoms with Crippen molar-refractivity contribution in [2.75, 3.05) is 0 Å². The van der Waals surface area contributed by atoms with E-state index in [1.54, 1.807) is 0 Å². The van der Waals surface area contributed by atoms with E-state index < -0.39 is 12.3 Å². The zero-order valence-corrected chi connectivity index (χ0v) is 8.79. The lowest BCUT2D eigenvalue weighted by Crippen LogP contribution is -2.47. The zero-order chi connectivity index (χ0) is 10.7. The summed E-state index contributed by atoms with van der Waals surface area (Å²) in [5.74, 6) is 0.457. The number of rotatable bonds is 2. The fraction of sp³-hybridized carbons (Fsp3) is 1.00. The molecule has 14 heavy (non-hydrogen) atoms. The molecule has 80 valence electrons. The van der Waals surface area contributed by atoms with Gasteiger partial charge in [0.25, 0.3) is 0 Å². The molecule has 5 nitrogen and oxygen atoms in total. The molecule has 1 heterocycles. The standard InChI is InChI=1S/C9H17N3O2/c1-4-7-5(2)6(3)8(11-12-10)9(13)14-7/h5-9,13H,4H2,1-3H3/t5-,6-,7?,8?,9+/m0/s1. The normalized spacial score (nSPS) is 43.0. The summed E-state index contributed by atoms with van der Waals surface area (Å²) in [6.45, 7) is 6.07. The molecular weight excluding hydrogens is 182 g/mol. The molecule has 0 aliphatic carbocycles. The Bertz CT molecular complexity index is 240. The van der Waals surface area contributed by atoms with Gasteiger partial charge >= 0.3 is 0 Å². The van der Waals surface area contributed by atoms with Crippen LogP contribution in [0.5, 0.6) is 0 Å². The Morgan fingerprint density at radius 3 is 2.57 bits per heavy atom. The van der Waals surface area contributed by atoms with Crippen molar-refractivity contribution < 1.29 is 9.84 Å². The Morgan fingerprint density at radius 1 is 1.43 bits per heavy atom. The van der Waals surface area contributed by atoms with Crippen LogP contribution in [0.25, 0.3) is 10.4 Å². The van der Waals surface area contributed by atoms with Crippen molar-refractivity contribution in [1.82, 2.24) is 0 Å². The van der Waals surface area contributed by atoms with Crippen molar-refractivity contribution in [2.24, 2.45) is 17.0 Å². The Balaban J connectivity index is 2.78. The van der Waals surface area contributed by atoms with Gasteiger partial charge in [-0.05, 0) is 23.8 Å². The topological polar surface area (TPSA) is 78.2 Å². The summed E-state index contributed by atoms with van der Waals surface area (Å²) in [5.41, 5.74) is 8.36. The maximum atomic E-state index is 9.60. The predicted octanol–water partition coefficient (Wildman–Crippen LogP) is 2.06. The molecule has 0 bridgehead atoms. The molecule has 1 N–H and O–H groups in total. The molecular formula is C9H17N3O2. The molecule has 5 atom stereocenters. The minimum Gasteiger partial charge on any atom is -0.368 e. The molecule has 0 saturated carbocycles. The average Bonchev–Trinajstić information content (AvgIpc) is 2.18. The van der Waals surface area contributed by atoms with Crippen LogP contribution in [0.1, 0.15) is 27.2 Å². The molecule has 0 amide bonds. The van der Waals surface area contributed by atoms with E-state index in [0.29, 0.717) is 5.92 Å². The van der Waals surface area contributed by atoms with Crippen LogP contribution in [0.2, 0.25) is 0 Å². The van der Waals surface area contributed by atoms with Gasteiger partial charge in [-0.1, -0.05) is 25.9 Å². The first-order valence-corrected chi connectivity index (χ1v) is 4.99. The smallest absolute Gasteiger partial charge is 0.163 e. The second-order valence-electron chi connectivity index (χ2n) is 3.89. The van der Waals surface area contributed by atoms with Crippen molar-refractivity contribution in [3.8, 4) is 0 Å². The van der Waals surface area contributed by atoms with Gasteiger partial charge in [-0.3, -0.25) is 0 Å². The SMILES string of the molecule is CCC1O[C@@H](O)C(N=[N+]=[N-])[C@@H](C)[C@@H]1C. The highest BCUT2D eigenvalue weighted by atomic mass is 16.6. The second kappa shape index (κ2) is 4.64. The third-order valence-corrected chi connectivity index (χ3v) is 3.15. The number of hydrogen-bond acceptors (Lipinski definition) is 3. The third-order valence-electron chi connectivity index (χ3n) is 3.15. The van der Waals surface area contributed by atoms with Crippen LogP contribution in [0, 0.1) is 11.8 Å². The number of azide groups is 1. The quantitative estimate of drug-likeness (QED) is 0.419. The molecule has 0 aromatic carbocycles. The number of nitrogens with zero attached hydrogens (tertiary/aromatic N) is 3. The number of aliphatic hydroxyl groups is 1. The van der Waals surface area contributed by atoms with Crippen molar-refractivity contribution in [2.45, 2.75) is 45.6 Å². The highest BCUT2D eigenvalue weighted by molar-refractivity contribution is 4.88. The van der Waals surface area contributed by atoms with Crippen molar-refractivity contribution >= 4 is 0 Å². The van der Waals surface area contributed by atoms with Gasteiger partial charge in [-0.25, -0.2) is 0 Å². The summed E-state index contributed by atoms with van der Waals surface area (Å²) in [6, 6.07) is -0.460. The van der Waals surface area contributed by atoms with E-state index in [2.05, 4.69) is 16.9 Å². The highest BCUT2D eigenvalue weighted by Gasteiger charge is 2.39. The summed E-state index contributed by atoms with van der Waals surface area (Å²) < 4.78 is 5.37. The van der Waals surface area contributed by atoms with E-state index in [-0.39, 0.29) is 12.0 Å². The van der Waals surface area contributed by atoms with Crippen LogP contribution in [-0.4, -0.2) is 23.5 Å². The molecule has 0 aromatic rings. The number of ether oxygens (including phenoxy) is 1. The summed E-state index contributed by atoms with van der Waals surface area (Å²) in [6.07, 6.45) is -0.0295. The van der Waals surface area contributed by atoms with Gasteiger partial charge in [0.05, 0.1) is 12.1 Å². The van der Waals surface area contributed by atoms with Gasteiger partial charge in [0.2, 0.25) is 0 Å². The molecule has 1 fully saturated rings. The van der Waals surface area contributed by atoms with Gasteiger partial charge in [0.15, 0.2) is 6.29 Å². The van der Waals surface area contributed by atoms with Crippen molar-refractivity contribution in [3.63, 3.8) is 0 Å². The van der Waals surface area contributed by atoms with Crippen LogP contribution >= 0.6 is 0 Å². The fourth-order valence-corrected chi connectivity index (χ4v) is 1.98. The van der Waals surface area contributed by atoms with Crippen molar-refractivity contribution in [1.29, 1.82) is 0 Å². The average molecular weight is 199 g/mol. The molecule has 2 unspecified atom stereocenters. The van der Waals surface area contributed by atoms with Crippen molar-refractivity contribution in [3.05, 3.63) is 10.4 Å². The minimum absolute atomic E-state index is 0.0603. The molecule has 0 spiro atoms. The zero-order valence-electron chi connectivity index (χ0n) is 8.79. The lowest BCUT2D eigenvalue weighted by Gasteiger charge is -2.40. The van der Waals surface area contributed by atoms with Crippen LogP contribution < -0.4 is 0 Å². The van der Waals surface area contributed by atoms with Gasteiger partial charge in [-0.15, -0.1) is 0 Å². The van der Waals surface area contributed by atoms with E-state index in [1.165, 1.54) is 0 Å². The minimum atomic E-state index is -0.956. The molecule has 1 aliphatic rings. The van der Waals surface area contributed by atoms with E-state index in [4.69, 9.17) is 10.3 Å². The van der Waals surface area contributed by atoms with Crippen LogP contribution in [0.3, 0.4) is 0 Å². The molecule has 1 saturated heterocycles. The molecule has 0 radical (unpaired) electrons. The molecule has 5 heteroatoms. The van der Waals surface area contributed by atoms with Gasteiger partial charge < -0.3 is 9.84 Å². The molecule has 1 rings (SSSR count). The van der Waals surface area contributed by atoms with Crippen LogP contribution in [0.15, 0.2) is 5.11 Å². The third kappa shape index (κ3) is 2.00. The lowest BCUT2D eigenvalue weighted by molar-refractivity contribution is -0.205. The molecule has 0 aromatic heterocycles. The Kier molecular flexibility index (Phi) is 3.75. The Labute approximate surface area is 83.7 Å². The Hall–Kier alpha value is -0.770. The highest BCUT2D eigenvalue weighted by Crippen LogP contribution is 2.33. The maximum Gasteiger partial charge on any atom is 0.163 e. The van der Waals surface area contributed by atoms with Gasteiger partial charge in [0.1, 0.15) is 0 Å².